The second-order valence-corrected chi connectivity index (χ2v) is 4.64. The Bertz CT molecular complexity index is 214. The van der Waals surface area contributed by atoms with Gasteiger partial charge in [-0.05, 0) is 39.5 Å². The van der Waals surface area contributed by atoms with Crippen molar-refractivity contribution in [3.8, 4) is 0 Å². The van der Waals surface area contributed by atoms with Gasteiger partial charge in [0.15, 0.2) is 0 Å². The molecule has 1 fully saturated rings. The topological polar surface area (TPSA) is 23.6 Å². The van der Waals surface area contributed by atoms with Crippen molar-refractivity contribution in [2.75, 3.05) is 19.6 Å². The van der Waals surface area contributed by atoms with Crippen molar-refractivity contribution in [2.24, 2.45) is 5.92 Å². The van der Waals surface area contributed by atoms with E-state index in [1.54, 1.807) is 0 Å². The summed E-state index contributed by atoms with van der Waals surface area (Å²) in [5.74, 6) is 0.653. The lowest BCUT2D eigenvalue weighted by atomic mass is 9.95. The molecule has 3 nitrogen and oxygen atoms in total. The zero-order chi connectivity index (χ0) is 11.4. The molecule has 1 aliphatic heterocycles. The standard InChI is InChI=1S/C12H24N2O/c1-5-13(6-2)12(15)14-9-10(3)7-8-11(14)4/h10-11H,5-9H2,1-4H3. The lowest BCUT2D eigenvalue weighted by Crippen LogP contribution is -2.51. The van der Waals surface area contributed by atoms with E-state index in [4.69, 9.17) is 0 Å². The third-order valence-electron chi connectivity index (χ3n) is 3.40. The monoisotopic (exact) mass is 212 g/mol. The van der Waals surface area contributed by atoms with Crippen LogP contribution in [0.4, 0.5) is 4.79 Å². The Morgan fingerprint density at radius 3 is 2.40 bits per heavy atom. The van der Waals surface area contributed by atoms with Crippen LogP contribution < -0.4 is 0 Å². The minimum absolute atomic E-state index is 0.221. The third kappa shape index (κ3) is 2.86. The maximum Gasteiger partial charge on any atom is 0.320 e. The second-order valence-electron chi connectivity index (χ2n) is 4.64. The average Bonchev–Trinajstić information content (AvgIpc) is 2.23. The van der Waals surface area contributed by atoms with Crippen LogP contribution in [0, 0.1) is 5.92 Å². The molecule has 15 heavy (non-hydrogen) atoms. The zero-order valence-corrected chi connectivity index (χ0v) is 10.5. The summed E-state index contributed by atoms with van der Waals surface area (Å²) in [7, 11) is 0. The van der Waals surface area contributed by atoms with Crippen LogP contribution in [0.15, 0.2) is 0 Å². The molecule has 0 aromatic carbocycles. The Kier molecular flexibility index (Phi) is 4.43. The second kappa shape index (κ2) is 5.38. The lowest BCUT2D eigenvalue weighted by molar-refractivity contribution is 0.107. The summed E-state index contributed by atoms with van der Waals surface area (Å²) in [6.07, 6.45) is 2.40. The van der Waals surface area contributed by atoms with E-state index in [0.29, 0.717) is 12.0 Å². The molecule has 1 rings (SSSR count). The first-order valence-corrected chi connectivity index (χ1v) is 6.15. The zero-order valence-electron chi connectivity index (χ0n) is 10.5. The van der Waals surface area contributed by atoms with Gasteiger partial charge in [0.25, 0.3) is 0 Å². The molecule has 0 aromatic heterocycles. The third-order valence-corrected chi connectivity index (χ3v) is 3.40. The van der Waals surface area contributed by atoms with Crippen LogP contribution in [0.3, 0.4) is 0 Å². The van der Waals surface area contributed by atoms with E-state index in [-0.39, 0.29) is 6.03 Å². The largest absolute Gasteiger partial charge is 0.325 e. The number of likely N-dealkylation sites (tertiary alicyclic amines) is 1. The lowest BCUT2D eigenvalue weighted by Gasteiger charge is -2.39. The molecule has 88 valence electrons. The minimum atomic E-state index is 0.221. The fraction of sp³-hybridized carbons (Fsp3) is 0.917. The van der Waals surface area contributed by atoms with Gasteiger partial charge < -0.3 is 9.80 Å². The first-order valence-electron chi connectivity index (χ1n) is 6.15. The van der Waals surface area contributed by atoms with E-state index in [1.165, 1.54) is 6.42 Å². The van der Waals surface area contributed by atoms with Gasteiger partial charge in [0.1, 0.15) is 0 Å². The van der Waals surface area contributed by atoms with E-state index in [9.17, 15) is 4.79 Å². The normalized spacial score (nSPS) is 26.5. The van der Waals surface area contributed by atoms with Crippen molar-refractivity contribution in [3.63, 3.8) is 0 Å². The maximum atomic E-state index is 12.2. The number of hydrogen-bond acceptors (Lipinski definition) is 1. The Labute approximate surface area is 93.4 Å². The van der Waals surface area contributed by atoms with E-state index in [2.05, 4.69) is 13.8 Å². The van der Waals surface area contributed by atoms with Crippen molar-refractivity contribution in [2.45, 2.75) is 46.6 Å². The summed E-state index contributed by atoms with van der Waals surface area (Å²) in [4.78, 5) is 16.1. The molecule has 0 bridgehead atoms. The fourth-order valence-corrected chi connectivity index (χ4v) is 2.23. The SMILES string of the molecule is CCN(CC)C(=O)N1CC(C)CCC1C. The van der Waals surface area contributed by atoms with E-state index < -0.39 is 0 Å². The van der Waals surface area contributed by atoms with Gasteiger partial charge in [-0.2, -0.15) is 0 Å². The molecule has 0 spiro atoms. The van der Waals surface area contributed by atoms with Gasteiger partial charge in [-0.25, -0.2) is 4.79 Å². The number of urea groups is 1. The molecule has 0 aromatic rings. The molecular formula is C12H24N2O. The van der Waals surface area contributed by atoms with Gasteiger partial charge in [-0.15, -0.1) is 0 Å². The number of amides is 2. The van der Waals surface area contributed by atoms with Gasteiger partial charge in [-0.3, -0.25) is 0 Å². The average molecular weight is 212 g/mol. The molecule has 0 radical (unpaired) electrons. The van der Waals surface area contributed by atoms with E-state index in [1.807, 2.05) is 23.6 Å². The molecule has 3 heteroatoms. The molecular weight excluding hydrogens is 188 g/mol. The van der Waals surface area contributed by atoms with Crippen LogP contribution in [0.1, 0.15) is 40.5 Å². The van der Waals surface area contributed by atoms with Crippen LogP contribution in [0.5, 0.6) is 0 Å². The van der Waals surface area contributed by atoms with Crippen LogP contribution in [-0.2, 0) is 0 Å². The first kappa shape index (κ1) is 12.3. The van der Waals surface area contributed by atoms with Gasteiger partial charge in [0.2, 0.25) is 0 Å². The number of rotatable bonds is 2. The highest BCUT2D eigenvalue weighted by molar-refractivity contribution is 5.74. The van der Waals surface area contributed by atoms with Crippen molar-refractivity contribution in [3.05, 3.63) is 0 Å². The summed E-state index contributed by atoms with van der Waals surface area (Å²) in [6, 6.07) is 0.633. The molecule has 2 amide bonds. The molecule has 2 unspecified atom stereocenters. The Morgan fingerprint density at radius 1 is 1.27 bits per heavy atom. The van der Waals surface area contributed by atoms with Gasteiger partial charge in [-0.1, -0.05) is 6.92 Å². The summed E-state index contributed by atoms with van der Waals surface area (Å²) < 4.78 is 0. The number of hydrogen-bond donors (Lipinski definition) is 0. The van der Waals surface area contributed by atoms with Crippen LogP contribution >= 0.6 is 0 Å². The molecule has 0 aliphatic carbocycles. The fourth-order valence-electron chi connectivity index (χ4n) is 2.23. The summed E-state index contributed by atoms with van der Waals surface area (Å²) >= 11 is 0. The van der Waals surface area contributed by atoms with Gasteiger partial charge >= 0.3 is 6.03 Å². The summed E-state index contributed by atoms with van der Waals surface area (Å²) in [5, 5.41) is 0. The van der Waals surface area contributed by atoms with Crippen LogP contribution in [0.25, 0.3) is 0 Å². The molecule has 0 saturated carbocycles. The smallest absolute Gasteiger partial charge is 0.320 e. The Hall–Kier alpha value is -0.730. The highest BCUT2D eigenvalue weighted by Crippen LogP contribution is 2.22. The van der Waals surface area contributed by atoms with Crippen molar-refractivity contribution in [1.29, 1.82) is 0 Å². The highest BCUT2D eigenvalue weighted by atomic mass is 16.2. The number of piperidine rings is 1. The molecule has 1 heterocycles. The van der Waals surface area contributed by atoms with Crippen LogP contribution in [-0.4, -0.2) is 41.5 Å². The van der Waals surface area contributed by atoms with Gasteiger partial charge in [0.05, 0.1) is 0 Å². The summed E-state index contributed by atoms with van der Waals surface area (Å²) in [5.41, 5.74) is 0. The quantitative estimate of drug-likeness (QED) is 0.690. The highest BCUT2D eigenvalue weighted by Gasteiger charge is 2.28. The van der Waals surface area contributed by atoms with Crippen molar-refractivity contribution < 1.29 is 4.79 Å². The van der Waals surface area contributed by atoms with E-state index >= 15 is 0 Å². The van der Waals surface area contributed by atoms with Crippen molar-refractivity contribution in [1.82, 2.24) is 9.80 Å². The number of nitrogens with zero attached hydrogens (tertiary/aromatic N) is 2. The molecule has 2 atom stereocenters. The summed E-state index contributed by atoms with van der Waals surface area (Å²) in [6.45, 7) is 11.0. The molecule has 1 aliphatic rings. The number of carbonyl (C=O) groups excluding carboxylic acids is 1. The predicted octanol–water partition coefficient (Wildman–Crippen LogP) is 2.57. The minimum Gasteiger partial charge on any atom is -0.325 e. The van der Waals surface area contributed by atoms with Gasteiger partial charge in [0, 0.05) is 25.7 Å². The van der Waals surface area contributed by atoms with Crippen molar-refractivity contribution >= 4 is 6.03 Å². The van der Waals surface area contributed by atoms with E-state index in [0.717, 1.165) is 26.1 Å². The molecule has 0 N–H and O–H groups in total. The number of carbonyl (C=O) groups is 1. The first-order chi connectivity index (χ1) is 7.10. The maximum absolute atomic E-state index is 12.2. The Morgan fingerprint density at radius 2 is 1.87 bits per heavy atom. The predicted molar refractivity (Wildman–Crippen MR) is 62.9 cm³/mol. The Balaban J connectivity index is 2.63. The van der Waals surface area contributed by atoms with Crippen LogP contribution in [0.2, 0.25) is 0 Å². The molecule has 1 saturated heterocycles.